The number of aliphatic imine (C=N–C) groups is 1. The van der Waals surface area contributed by atoms with E-state index >= 15 is 0 Å². The Balaban J connectivity index is 1.63. The van der Waals surface area contributed by atoms with Crippen LogP contribution in [0.25, 0.3) is 11.6 Å². The Bertz CT molecular complexity index is 1260. The van der Waals surface area contributed by atoms with E-state index in [-0.39, 0.29) is 6.04 Å². The molecule has 1 N–H and O–H groups in total. The van der Waals surface area contributed by atoms with Gasteiger partial charge in [0.25, 0.3) is 0 Å². The van der Waals surface area contributed by atoms with Gasteiger partial charge in [-0.05, 0) is 56.2 Å². The van der Waals surface area contributed by atoms with Crippen molar-refractivity contribution in [3.8, 4) is 11.6 Å². The number of benzene rings is 2. The second-order valence-electron chi connectivity index (χ2n) is 8.32. The Kier molecular flexibility index (Phi) is 5.70. The molecule has 1 saturated carbocycles. The molecule has 5 rings (SSSR count). The van der Waals surface area contributed by atoms with E-state index in [0.29, 0.717) is 5.88 Å². The van der Waals surface area contributed by atoms with Gasteiger partial charge in [0.1, 0.15) is 5.75 Å². The van der Waals surface area contributed by atoms with Crippen LogP contribution < -0.4 is 9.54 Å². The fraction of sp³-hybridized carbons (Fsp3) is 0.308. The zero-order chi connectivity index (χ0) is 22.1. The Hall–Kier alpha value is -3.12. The fourth-order valence-electron chi connectivity index (χ4n) is 4.56. The number of hydrogen-bond acceptors (Lipinski definition) is 5. The molecule has 164 valence electrons. The molecule has 1 aliphatic carbocycles. The fourth-order valence-corrected chi connectivity index (χ4v) is 5.60. The smallest absolute Gasteiger partial charge is 0.211 e. The molecule has 6 heteroatoms. The van der Waals surface area contributed by atoms with Crippen LogP contribution in [0.2, 0.25) is 0 Å². The van der Waals surface area contributed by atoms with Gasteiger partial charge < -0.3 is 9.84 Å². The number of hydrogen-bond donors (Lipinski definition) is 1. The Morgan fingerprint density at radius 3 is 2.59 bits per heavy atom. The van der Waals surface area contributed by atoms with Crippen LogP contribution in [-0.4, -0.2) is 22.5 Å². The van der Waals surface area contributed by atoms with Crippen LogP contribution in [0.1, 0.15) is 55.5 Å². The van der Waals surface area contributed by atoms with Gasteiger partial charge >= 0.3 is 0 Å². The lowest BCUT2D eigenvalue weighted by Crippen LogP contribution is -2.22. The third-order valence-corrected chi connectivity index (χ3v) is 7.23. The lowest BCUT2D eigenvalue weighted by Gasteiger charge is -2.23. The van der Waals surface area contributed by atoms with Gasteiger partial charge in [-0.3, -0.25) is 9.56 Å². The van der Waals surface area contributed by atoms with E-state index in [9.17, 15) is 5.11 Å². The summed E-state index contributed by atoms with van der Waals surface area (Å²) in [7, 11) is 1.66. The van der Waals surface area contributed by atoms with Crippen molar-refractivity contribution in [1.82, 2.24) is 4.57 Å². The van der Waals surface area contributed by atoms with Crippen LogP contribution in [0.15, 0.2) is 58.5 Å². The highest BCUT2D eigenvalue weighted by Crippen LogP contribution is 2.39. The average molecular weight is 446 g/mol. The highest BCUT2D eigenvalue weighted by molar-refractivity contribution is 7.10. The number of fused-ring (bicyclic) bond motifs is 1. The molecule has 1 aliphatic heterocycles. The van der Waals surface area contributed by atoms with Crippen LogP contribution in [0, 0.1) is 0 Å². The molecule has 2 heterocycles. The predicted octanol–water partition coefficient (Wildman–Crippen LogP) is 6.65. The summed E-state index contributed by atoms with van der Waals surface area (Å²) in [5.74, 6) is 1.11. The van der Waals surface area contributed by atoms with Gasteiger partial charge in [-0.15, -0.1) is 0 Å². The first-order valence-corrected chi connectivity index (χ1v) is 12.0. The van der Waals surface area contributed by atoms with Gasteiger partial charge in [0.15, 0.2) is 4.80 Å². The third kappa shape index (κ3) is 3.91. The Morgan fingerprint density at radius 2 is 1.84 bits per heavy atom. The molecule has 3 aromatic rings. The van der Waals surface area contributed by atoms with E-state index in [0.717, 1.165) is 56.5 Å². The van der Waals surface area contributed by atoms with E-state index in [1.165, 1.54) is 30.6 Å². The van der Waals surface area contributed by atoms with Crippen LogP contribution >= 0.6 is 11.3 Å². The maximum absolute atomic E-state index is 11.3. The summed E-state index contributed by atoms with van der Waals surface area (Å²) in [5.41, 5.74) is 4.96. The number of methoxy groups -OCH3 is 1. The molecule has 32 heavy (non-hydrogen) atoms. The summed E-state index contributed by atoms with van der Waals surface area (Å²) in [4.78, 5) is 11.3. The predicted molar refractivity (Wildman–Crippen MR) is 131 cm³/mol. The minimum Gasteiger partial charge on any atom is -0.497 e. The first-order valence-electron chi connectivity index (χ1n) is 11.1. The second-order valence-corrected chi connectivity index (χ2v) is 9.33. The number of thiazole rings is 1. The van der Waals surface area contributed by atoms with E-state index < -0.39 is 0 Å². The van der Waals surface area contributed by atoms with Crippen LogP contribution in [0.5, 0.6) is 11.6 Å². The first kappa shape index (κ1) is 20.8. The topological polar surface area (TPSA) is 59.1 Å². The molecule has 0 saturated heterocycles. The lowest BCUT2D eigenvalue weighted by molar-refractivity contribution is 0.307. The molecular formula is C26H27N3O2S. The molecule has 0 radical (unpaired) electrons. The van der Waals surface area contributed by atoms with E-state index in [4.69, 9.17) is 14.7 Å². The van der Waals surface area contributed by atoms with Gasteiger partial charge in [-0.25, -0.2) is 4.99 Å². The number of aromatic hydroxyl groups is 1. The molecule has 1 fully saturated rings. The van der Waals surface area contributed by atoms with Crippen molar-refractivity contribution in [3.63, 3.8) is 0 Å². The third-order valence-electron chi connectivity index (χ3n) is 6.24. The Labute approximate surface area is 192 Å². The first-order chi connectivity index (χ1) is 15.6. The number of ether oxygens (including phenoxy) is 1. The van der Waals surface area contributed by atoms with E-state index in [1.54, 1.807) is 7.11 Å². The minimum atomic E-state index is 0.273. The van der Waals surface area contributed by atoms with Crippen molar-refractivity contribution in [1.29, 1.82) is 0 Å². The van der Waals surface area contributed by atoms with Crippen LogP contribution in [-0.2, 0) is 0 Å². The molecule has 0 amide bonds. The van der Waals surface area contributed by atoms with Crippen LogP contribution in [0.4, 0.5) is 11.4 Å². The lowest BCUT2D eigenvalue weighted by atomic mass is 9.95. The van der Waals surface area contributed by atoms with Crippen molar-refractivity contribution in [2.24, 2.45) is 9.98 Å². The van der Waals surface area contributed by atoms with Crippen molar-refractivity contribution < 1.29 is 9.84 Å². The molecule has 1 aromatic heterocycles. The summed E-state index contributed by atoms with van der Waals surface area (Å²) in [6, 6.07) is 16.1. The van der Waals surface area contributed by atoms with Crippen molar-refractivity contribution in [3.05, 3.63) is 63.8 Å². The highest BCUT2D eigenvalue weighted by Gasteiger charge is 2.24. The monoisotopic (exact) mass is 445 g/mol. The largest absolute Gasteiger partial charge is 0.497 e. The normalized spacial score (nSPS) is 18.1. The number of para-hydroxylation sites is 1. The van der Waals surface area contributed by atoms with Crippen molar-refractivity contribution >= 4 is 40.1 Å². The molecule has 0 unspecified atom stereocenters. The summed E-state index contributed by atoms with van der Waals surface area (Å²) in [6.45, 7) is 2.02. The molecular weight excluding hydrogens is 418 g/mol. The molecule has 2 aliphatic rings. The standard InChI is InChI=1S/C26H27N3O2S/c1-17-22(21-10-6-7-11-23(21)27-17)16-24-25(30)29(19-8-4-3-5-9-19)26(32-24)28-18-12-14-20(31-2)15-13-18/h6-7,10-16,19,30H,3-5,8-9H2,1-2H3. The van der Waals surface area contributed by atoms with E-state index in [1.807, 2.05) is 54.0 Å². The molecule has 0 spiro atoms. The molecule has 0 bridgehead atoms. The van der Waals surface area contributed by atoms with Crippen molar-refractivity contribution in [2.75, 3.05) is 7.11 Å². The van der Waals surface area contributed by atoms with Gasteiger partial charge in [-0.2, -0.15) is 0 Å². The second kappa shape index (κ2) is 8.79. The zero-order valence-electron chi connectivity index (χ0n) is 18.4. The minimum absolute atomic E-state index is 0.273. The van der Waals surface area contributed by atoms with E-state index in [2.05, 4.69) is 12.1 Å². The van der Waals surface area contributed by atoms with Gasteiger partial charge in [0, 0.05) is 22.9 Å². The van der Waals surface area contributed by atoms with Gasteiger partial charge in [-0.1, -0.05) is 48.8 Å². The number of aromatic nitrogens is 1. The van der Waals surface area contributed by atoms with Crippen LogP contribution in [0.3, 0.4) is 0 Å². The summed E-state index contributed by atoms with van der Waals surface area (Å²) in [6.07, 6.45) is 7.83. The summed E-state index contributed by atoms with van der Waals surface area (Å²) >= 11 is 1.53. The SMILES string of the molecule is COc1ccc(N=c2sc(C=C3C(C)=Nc4ccccc43)c(O)n2C2CCCCC2)cc1. The zero-order valence-corrected chi connectivity index (χ0v) is 19.2. The quantitative estimate of drug-likeness (QED) is 0.489. The maximum atomic E-state index is 11.3. The number of rotatable bonds is 4. The maximum Gasteiger partial charge on any atom is 0.211 e. The summed E-state index contributed by atoms with van der Waals surface area (Å²) < 4.78 is 7.32. The number of allylic oxidation sites excluding steroid dienone is 1. The molecule has 0 atom stereocenters. The average Bonchev–Trinajstić information content (AvgIpc) is 3.31. The van der Waals surface area contributed by atoms with Gasteiger partial charge in [0.2, 0.25) is 5.88 Å². The highest BCUT2D eigenvalue weighted by atomic mass is 32.1. The van der Waals surface area contributed by atoms with Gasteiger partial charge in [0.05, 0.1) is 23.4 Å². The van der Waals surface area contributed by atoms with Crippen molar-refractivity contribution in [2.45, 2.75) is 45.1 Å². The summed E-state index contributed by atoms with van der Waals surface area (Å²) in [5, 5.41) is 11.3. The molecule has 5 nitrogen and oxygen atoms in total. The number of nitrogens with zero attached hydrogens (tertiary/aromatic N) is 3. The molecule has 2 aromatic carbocycles. The Morgan fingerprint density at radius 1 is 1.09 bits per heavy atom.